The van der Waals surface area contributed by atoms with Crippen molar-refractivity contribution in [2.24, 2.45) is 0 Å². The lowest BCUT2D eigenvalue weighted by molar-refractivity contribution is 0.717. The Bertz CT molecular complexity index is 1040. The van der Waals surface area contributed by atoms with E-state index in [0.717, 1.165) is 30.4 Å². The van der Waals surface area contributed by atoms with Crippen molar-refractivity contribution in [3.63, 3.8) is 0 Å². The minimum atomic E-state index is 0.436. The molecule has 3 aromatic rings. The van der Waals surface area contributed by atoms with Crippen LogP contribution in [0.4, 0.5) is 11.8 Å². The van der Waals surface area contributed by atoms with E-state index in [4.69, 9.17) is 17.2 Å². The minimum absolute atomic E-state index is 0.436. The highest BCUT2D eigenvalue weighted by molar-refractivity contribution is 7.99. The summed E-state index contributed by atoms with van der Waals surface area (Å²) in [5, 5.41) is 7.94. The first-order valence-electron chi connectivity index (χ1n) is 9.52. The fourth-order valence-corrected chi connectivity index (χ4v) is 4.00. The van der Waals surface area contributed by atoms with E-state index in [1.807, 2.05) is 6.07 Å². The van der Waals surface area contributed by atoms with Crippen LogP contribution in [0.5, 0.6) is 0 Å². The van der Waals surface area contributed by atoms with Gasteiger partial charge in [0, 0.05) is 38.1 Å². The van der Waals surface area contributed by atoms with Crippen molar-refractivity contribution in [1.29, 1.82) is 0 Å². The van der Waals surface area contributed by atoms with Crippen LogP contribution in [0.25, 0.3) is 0 Å². The zero-order chi connectivity index (χ0) is 20.8. The third kappa shape index (κ3) is 5.11. The first kappa shape index (κ1) is 20.2. The molecule has 0 amide bonds. The molecule has 30 heavy (non-hydrogen) atoms. The Morgan fingerprint density at radius 2 is 1.97 bits per heavy atom. The summed E-state index contributed by atoms with van der Waals surface area (Å²) in [6.07, 6.45) is 6.15. The Hall–Kier alpha value is -3.04. The van der Waals surface area contributed by atoms with Crippen LogP contribution in [-0.2, 0) is 13.0 Å². The molecule has 0 fully saturated rings. The summed E-state index contributed by atoms with van der Waals surface area (Å²) in [6, 6.07) is 12.3. The molecule has 0 aliphatic carbocycles. The van der Waals surface area contributed by atoms with Gasteiger partial charge in [0.2, 0.25) is 5.95 Å². The van der Waals surface area contributed by atoms with Crippen LogP contribution in [0.2, 0.25) is 0 Å². The van der Waals surface area contributed by atoms with Crippen molar-refractivity contribution >= 4 is 40.9 Å². The summed E-state index contributed by atoms with van der Waals surface area (Å²) in [5.41, 5.74) is 2.71. The number of hydrogen-bond donors (Lipinski definition) is 2. The smallest absolute Gasteiger partial charge is 0.232 e. The molecule has 1 aliphatic rings. The van der Waals surface area contributed by atoms with E-state index in [-0.39, 0.29) is 0 Å². The van der Waals surface area contributed by atoms with Gasteiger partial charge in [0.1, 0.15) is 10.8 Å². The van der Waals surface area contributed by atoms with Crippen LogP contribution < -0.4 is 15.5 Å². The molecule has 3 heterocycles. The van der Waals surface area contributed by atoms with Crippen LogP contribution in [0.15, 0.2) is 71.6 Å². The second-order valence-corrected chi connectivity index (χ2v) is 7.98. The molecule has 0 unspecified atom stereocenters. The maximum atomic E-state index is 5.33. The number of aromatic nitrogens is 4. The summed E-state index contributed by atoms with van der Waals surface area (Å²) >= 11 is 6.72. The lowest BCUT2D eigenvalue weighted by atomic mass is 10.00. The molecule has 2 N–H and O–H groups in total. The molecule has 152 valence electrons. The number of rotatable bonds is 6. The number of nitrogens with zero attached hydrogens (tertiary/aromatic N) is 5. The van der Waals surface area contributed by atoms with Crippen molar-refractivity contribution < 1.29 is 0 Å². The highest BCUT2D eigenvalue weighted by atomic mass is 32.2. The number of nitrogens with one attached hydrogen (secondary N) is 2. The van der Waals surface area contributed by atoms with Crippen LogP contribution in [0, 0.1) is 0 Å². The Labute approximate surface area is 185 Å². The summed E-state index contributed by atoms with van der Waals surface area (Å²) in [6.45, 7) is 5.94. The molecule has 2 aromatic heterocycles. The van der Waals surface area contributed by atoms with Gasteiger partial charge in [-0.3, -0.25) is 0 Å². The van der Waals surface area contributed by atoms with Crippen LogP contribution >= 0.6 is 24.0 Å². The van der Waals surface area contributed by atoms with Crippen LogP contribution in [0.3, 0.4) is 0 Å². The largest absolute Gasteiger partial charge is 0.359 e. The summed E-state index contributed by atoms with van der Waals surface area (Å²) in [7, 11) is 0. The lowest BCUT2D eigenvalue weighted by Gasteiger charge is -2.30. The Morgan fingerprint density at radius 1 is 1.17 bits per heavy atom. The Kier molecular flexibility index (Phi) is 6.50. The molecule has 0 saturated carbocycles. The average Bonchev–Trinajstić information content (AvgIpc) is 2.78. The SMILES string of the molecule is C=CCNC(=S)Nc1nc(Sc2ncccn2)cc(N2CCc3ccccc3C2)n1. The highest BCUT2D eigenvalue weighted by Gasteiger charge is 2.19. The number of hydrogen-bond acceptors (Lipinski definition) is 7. The van der Waals surface area contributed by atoms with E-state index in [0.29, 0.717) is 22.8 Å². The molecule has 0 spiro atoms. The predicted molar refractivity (Wildman–Crippen MR) is 124 cm³/mol. The topological polar surface area (TPSA) is 78.9 Å². The van der Waals surface area contributed by atoms with E-state index >= 15 is 0 Å². The first-order valence-corrected chi connectivity index (χ1v) is 10.7. The maximum absolute atomic E-state index is 5.33. The highest BCUT2D eigenvalue weighted by Crippen LogP contribution is 2.29. The summed E-state index contributed by atoms with van der Waals surface area (Å²) in [4.78, 5) is 20.1. The average molecular weight is 436 g/mol. The van der Waals surface area contributed by atoms with Crippen molar-refractivity contribution in [3.05, 3.63) is 72.6 Å². The molecule has 0 radical (unpaired) electrons. The molecule has 7 nitrogen and oxygen atoms in total. The number of thiocarbonyl (C=S) groups is 1. The van der Waals surface area contributed by atoms with E-state index in [2.05, 4.69) is 61.3 Å². The van der Waals surface area contributed by atoms with Crippen molar-refractivity contribution in [2.75, 3.05) is 23.3 Å². The molecule has 1 aliphatic heterocycles. The molecule has 0 atom stereocenters. The van der Waals surface area contributed by atoms with Gasteiger partial charge in [0.15, 0.2) is 10.3 Å². The number of benzene rings is 1. The van der Waals surface area contributed by atoms with Crippen LogP contribution in [0.1, 0.15) is 11.1 Å². The molecule has 0 bridgehead atoms. The summed E-state index contributed by atoms with van der Waals surface area (Å²) in [5.74, 6) is 1.28. The van der Waals surface area contributed by atoms with Gasteiger partial charge in [-0.05, 0) is 47.6 Å². The van der Waals surface area contributed by atoms with Gasteiger partial charge in [0.25, 0.3) is 0 Å². The molecular weight excluding hydrogens is 414 g/mol. The van der Waals surface area contributed by atoms with Crippen LogP contribution in [-0.4, -0.2) is 38.1 Å². The van der Waals surface area contributed by atoms with Crippen molar-refractivity contribution in [3.8, 4) is 0 Å². The quantitative estimate of drug-likeness (QED) is 0.262. The van der Waals surface area contributed by atoms with Gasteiger partial charge < -0.3 is 15.5 Å². The van der Waals surface area contributed by atoms with Gasteiger partial charge in [-0.1, -0.05) is 30.3 Å². The normalized spacial score (nSPS) is 12.7. The van der Waals surface area contributed by atoms with E-state index < -0.39 is 0 Å². The number of anilines is 2. The predicted octanol–water partition coefficient (Wildman–Crippen LogP) is 3.45. The third-order valence-electron chi connectivity index (χ3n) is 4.51. The second kappa shape index (κ2) is 9.64. The number of fused-ring (bicyclic) bond motifs is 1. The monoisotopic (exact) mass is 435 g/mol. The molecule has 0 saturated heterocycles. The molecule has 1 aromatic carbocycles. The zero-order valence-electron chi connectivity index (χ0n) is 16.3. The Morgan fingerprint density at radius 3 is 2.77 bits per heavy atom. The standard InChI is InChI=1S/C21H21N7S2/c1-2-9-22-20(29)27-19-25-17(13-18(26-19)30-21-23-10-5-11-24-21)28-12-8-15-6-3-4-7-16(15)14-28/h2-7,10-11,13H,1,8-9,12,14H2,(H2,22,25,26,27,29). The van der Waals surface area contributed by atoms with E-state index in [1.54, 1.807) is 24.5 Å². The lowest BCUT2D eigenvalue weighted by Crippen LogP contribution is -2.32. The summed E-state index contributed by atoms with van der Waals surface area (Å²) < 4.78 is 0. The molecule has 9 heteroatoms. The van der Waals surface area contributed by atoms with Gasteiger partial charge >= 0.3 is 0 Å². The first-order chi connectivity index (χ1) is 14.7. The maximum Gasteiger partial charge on any atom is 0.232 e. The molecular formula is C21H21N7S2. The Balaban J connectivity index is 1.61. The van der Waals surface area contributed by atoms with Gasteiger partial charge in [0.05, 0.1) is 0 Å². The fraction of sp³-hybridized carbons (Fsp3) is 0.190. The van der Waals surface area contributed by atoms with Crippen molar-refractivity contribution in [1.82, 2.24) is 25.3 Å². The minimum Gasteiger partial charge on any atom is -0.359 e. The fourth-order valence-electron chi connectivity index (χ4n) is 3.12. The zero-order valence-corrected chi connectivity index (χ0v) is 17.9. The molecule has 4 rings (SSSR count). The van der Waals surface area contributed by atoms with Gasteiger partial charge in [-0.25, -0.2) is 15.0 Å². The second-order valence-electron chi connectivity index (χ2n) is 6.59. The van der Waals surface area contributed by atoms with E-state index in [9.17, 15) is 0 Å². The van der Waals surface area contributed by atoms with Crippen molar-refractivity contribution in [2.45, 2.75) is 23.1 Å². The van der Waals surface area contributed by atoms with Gasteiger partial charge in [-0.2, -0.15) is 4.98 Å². The van der Waals surface area contributed by atoms with Gasteiger partial charge in [-0.15, -0.1) is 6.58 Å². The van der Waals surface area contributed by atoms with E-state index in [1.165, 1.54) is 22.9 Å². The third-order valence-corrected chi connectivity index (χ3v) is 5.57.